The largest absolute Gasteiger partial charge is 0.340 e. The number of carbonyl (C=O) groups is 2. The van der Waals surface area contributed by atoms with Gasteiger partial charge in [-0.05, 0) is 31.0 Å². The second-order valence-corrected chi connectivity index (χ2v) is 9.50. The molecule has 2 aromatic rings. The number of sulfonamides is 1. The Morgan fingerprint density at radius 2 is 1.53 bits per heavy atom. The molecule has 0 saturated carbocycles. The molecule has 160 valence electrons. The van der Waals surface area contributed by atoms with Gasteiger partial charge in [0.15, 0.2) is 5.78 Å². The van der Waals surface area contributed by atoms with Crippen molar-refractivity contribution in [3.8, 4) is 0 Å². The normalized spacial score (nSPS) is 16.3. The third-order valence-corrected chi connectivity index (χ3v) is 7.44. The van der Waals surface area contributed by atoms with Gasteiger partial charge in [-0.3, -0.25) is 9.59 Å². The number of rotatable bonds is 7. The van der Waals surface area contributed by atoms with Crippen molar-refractivity contribution in [2.75, 3.05) is 26.2 Å². The van der Waals surface area contributed by atoms with Crippen LogP contribution in [-0.4, -0.2) is 55.5 Å². The van der Waals surface area contributed by atoms with Crippen molar-refractivity contribution in [1.29, 1.82) is 0 Å². The summed E-state index contributed by atoms with van der Waals surface area (Å²) in [6.07, 6.45) is 1.67. The van der Waals surface area contributed by atoms with Gasteiger partial charge < -0.3 is 4.90 Å². The number of piperazine rings is 1. The fourth-order valence-electron chi connectivity index (χ4n) is 3.79. The van der Waals surface area contributed by atoms with Gasteiger partial charge in [-0.1, -0.05) is 55.8 Å². The Hall–Kier alpha value is -2.51. The molecule has 6 nitrogen and oxygen atoms in total. The first kappa shape index (κ1) is 22.2. The molecule has 1 aliphatic heterocycles. The third kappa shape index (κ3) is 4.79. The van der Waals surface area contributed by atoms with Gasteiger partial charge in [-0.2, -0.15) is 4.31 Å². The number of nitrogens with zero attached hydrogens (tertiary/aromatic N) is 2. The Morgan fingerprint density at radius 1 is 0.933 bits per heavy atom. The summed E-state index contributed by atoms with van der Waals surface area (Å²) in [5.74, 6) is -0.240. The molecule has 0 radical (unpaired) electrons. The van der Waals surface area contributed by atoms with Crippen LogP contribution in [0.4, 0.5) is 0 Å². The highest BCUT2D eigenvalue weighted by Crippen LogP contribution is 2.25. The van der Waals surface area contributed by atoms with Gasteiger partial charge in [0.05, 0.1) is 10.8 Å². The van der Waals surface area contributed by atoms with Gasteiger partial charge in [0.25, 0.3) is 0 Å². The van der Waals surface area contributed by atoms with Crippen molar-refractivity contribution < 1.29 is 18.0 Å². The summed E-state index contributed by atoms with van der Waals surface area (Å²) in [7, 11) is -3.65. The second-order valence-electron chi connectivity index (χ2n) is 7.56. The van der Waals surface area contributed by atoms with Crippen LogP contribution in [0, 0.1) is 0 Å². The molecule has 0 unspecified atom stereocenters. The molecule has 0 bridgehead atoms. The molecule has 0 spiro atoms. The van der Waals surface area contributed by atoms with E-state index in [4.69, 9.17) is 0 Å². The van der Waals surface area contributed by atoms with Crippen LogP contribution in [0.25, 0.3) is 0 Å². The van der Waals surface area contributed by atoms with Gasteiger partial charge >= 0.3 is 0 Å². The van der Waals surface area contributed by atoms with E-state index < -0.39 is 10.0 Å². The standard InChI is InChI=1S/C23H28N2O4S/c1-3-7-22(20-8-5-4-6-9-20)23(27)24-14-16-25(17-15-24)30(28,29)21-12-10-19(11-13-21)18(2)26/h4-6,8-13,22H,3,7,14-17H2,1-2H3/t22-/m0/s1. The molecule has 1 atom stereocenters. The molecule has 30 heavy (non-hydrogen) atoms. The maximum absolute atomic E-state index is 13.1. The first-order chi connectivity index (χ1) is 14.3. The summed E-state index contributed by atoms with van der Waals surface area (Å²) in [5.41, 5.74) is 1.48. The number of benzene rings is 2. The Labute approximate surface area is 178 Å². The monoisotopic (exact) mass is 428 g/mol. The van der Waals surface area contributed by atoms with E-state index in [1.807, 2.05) is 30.3 Å². The van der Waals surface area contributed by atoms with E-state index in [-0.39, 0.29) is 35.6 Å². The van der Waals surface area contributed by atoms with Gasteiger partial charge in [0.1, 0.15) is 0 Å². The van der Waals surface area contributed by atoms with E-state index in [0.29, 0.717) is 18.7 Å². The second kappa shape index (κ2) is 9.53. The minimum Gasteiger partial charge on any atom is -0.340 e. The van der Waals surface area contributed by atoms with Crippen molar-refractivity contribution >= 4 is 21.7 Å². The van der Waals surface area contributed by atoms with E-state index in [1.54, 1.807) is 4.90 Å². The molecular weight excluding hydrogens is 400 g/mol. The molecule has 3 rings (SSSR count). The lowest BCUT2D eigenvalue weighted by molar-refractivity contribution is -0.134. The molecule has 0 aromatic heterocycles. The minimum absolute atomic E-state index is 0.0610. The predicted molar refractivity (Wildman–Crippen MR) is 116 cm³/mol. The summed E-state index contributed by atoms with van der Waals surface area (Å²) in [6, 6.07) is 15.8. The predicted octanol–water partition coefficient (Wildman–Crippen LogP) is 3.31. The Bertz CT molecular complexity index is 980. The topological polar surface area (TPSA) is 74.8 Å². The lowest BCUT2D eigenvalue weighted by Gasteiger charge is -2.36. The van der Waals surface area contributed by atoms with Gasteiger partial charge in [0, 0.05) is 31.7 Å². The lowest BCUT2D eigenvalue weighted by atomic mass is 9.93. The van der Waals surface area contributed by atoms with Crippen molar-refractivity contribution in [1.82, 2.24) is 9.21 Å². The summed E-state index contributed by atoms with van der Waals surface area (Å²) < 4.78 is 27.3. The quantitative estimate of drug-likeness (QED) is 0.634. The molecule has 1 amide bonds. The van der Waals surface area contributed by atoms with Crippen LogP contribution in [0.1, 0.15) is 48.5 Å². The minimum atomic E-state index is -3.65. The first-order valence-corrected chi connectivity index (χ1v) is 11.7. The molecule has 0 N–H and O–H groups in total. The van der Waals surface area contributed by atoms with E-state index in [1.165, 1.54) is 35.5 Å². The molecule has 1 fully saturated rings. The Morgan fingerprint density at radius 3 is 2.07 bits per heavy atom. The molecule has 1 saturated heterocycles. The van der Waals surface area contributed by atoms with Crippen LogP contribution in [0.3, 0.4) is 0 Å². The van der Waals surface area contributed by atoms with Crippen molar-refractivity contribution in [2.45, 2.75) is 37.5 Å². The molecule has 1 heterocycles. The first-order valence-electron chi connectivity index (χ1n) is 10.3. The van der Waals surface area contributed by atoms with Crippen LogP contribution in [0.15, 0.2) is 59.5 Å². The van der Waals surface area contributed by atoms with Crippen LogP contribution in [0.5, 0.6) is 0 Å². The Kier molecular flexibility index (Phi) is 7.05. The Balaban J connectivity index is 1.68. The number of amides is 1. The number of ketones is 1. The van der Waals surface area contributed by atoms with Crippen molar-refractivity contribution in [3.63, 3.8) is 0 Å². The average Bonchev–Trinajstić information content (AvgIpc) is 2.77. The number of carbonyl (C=O) groups excluding carboxylic acids is 2. The van der Waals surface area contributed by atoms with Gasteiger partial charge in [-0.15, -0.1) is 0 Å². The van der Waals surface area contributed by atoms with Gasteiger partial charge in [-0.25, -0.2) is 8.42 Å². The van der Waals surface area contributed by atoms with Crippen LogP contribution in [0.2, 0.25) is 0 Å². The summed E-state index contributed by atoms with van der Waals surface area (Å²) in [4.78, 5) is 26.5. The maximum Gasteiger partial charge on any atom is 0.243 e. The van der Waals surface area contributed by atoms with Crippen molar-refractivity contribution in [3.05, 3.63) is 65.7 Å². The summed E-state index contributed by atoms with van der Waals surface area (Å²) in [5, 5.41) is 0. The fraction of sp³-hybridized carbons (Fsp3) is 0.391. The number of hydrogen-bond donors (Lipinski definition) is 0. The van der Waals surface area contributed by atoms with Crippen LogP contribution in [-0.2, 0) is 14.8 Å². The SMILES string of the molecule is CCC[C@H](C(=O)N1CCN(S(=O)(=O)c2ccc(C(C)=O)cc2)CC1)c1ccccc1. The lowest BCUT2D eigenvalue weighted by Crippen LogP contribution is -2.51. The summed E-state index contributed by atoms with van der Waals surface area (Å²) in [6.45, 7) is 4.77. The molecule has 2 aromatic carbocycles. The summed E-state index contributed by atoms with van der Waals surface area (Å²) >= 11 is 0. The van der Waals surface area contributed by atoms with E-state index >= 15 is 0 Å². The molecule has 1 aliphatic rings. The zero-order valence-corrected chi connectivity index (χ0v) is 18.3. The molecule has 0 aliphatic carbocycles. The van der Waals surface area contributed by atoms with Crippen LogP contribution < -0.4 is 0 Å². The number of Topliss-reactive ketones (excluding diaryl/α,β-unsaturated/α-hetero) is 1. The highest BCUT2D eigenvalue weighted by Gasteiger charge is 2.32. The third-order valence-electron chi connectivity index (χ3n) is 5.53. The highest BCUT2D eigenvalue weighted by atomic mass is 32.2. The highest BCUT2D eigenvalue weighted by molar-refractivity contribution is 7.89. The molecule has 7 heteroatoms. The maximum atomic E-state index is 13.1. The van der Waals surface area contributed by atoms with E-state index in [9.17, 15) is 18.0 Å². The van der Waals surface area contributed by atoms with E-state index in [0.717, 1.165) is 18.4 Å². The number of hydrogen-bond acceptors (Lipinski definition) is 4. The van der Waals surface area contributed by atoms with Gasteiger partial charge in [0.2, 0.25) is 15.9 Å². The van der Waals surface area contributed by atoms with Crippen LogP contribution >= 0.6 is 0 Å². The fourth-order valence-corrected chi connectivity index (χ4v) is 5.21. The zero-order chi connectivity index (χ0) is 21.7. The van der Waals surface area contributed by atoms with Crippen molar-refractivity contribution in [2.24, 2.45) is 0 Å². The average molecular weight is 429 g/mol. The zero-order valence-electron chi connectivity index (χ0n) is 17.5. The molecular formula is C23H28N2O4S. The smallest absolute Gasteiger partial charge is 0.243 e. The van der Waals surface area contributed by atoms with E-state index in [2.05, 4.69) is 6.92 Å².